The Kier molecular flexibility index (Phi) is 5.14. The molecule has 0 fully saturated rings. The van der Waals surface area contributed by atoms with Crippen molar-refractivity contribution in [2.45, 2.75) is 40.7 Å². The van der Waals surface area contributed by atoms with Crippen molar-refractivity contribution in [2.24, 2.45) is 11.8 Å². The van der Waals surface area contributed by atoms with Crippen LogP contribution in [0.4, 0.5) is 0 Å². The van der Waals surface area contributed by atoms with E-state index in [1.807, 2.05) is 20.8 Å². The maximum absolute atomic E-state index is 11.6. The first-order chi connectivity index (χ1) is 5.50. The van der Waals surface area contributed by atoms with E-state index in [0.717, 1.165) is 6.54 Å². The average molecular weight is 171 g/mol. The Balaban J connectivity index is 4.19. The Morgan fingerprint density at radius 2 is 1.75 bits per heavy atom. The molecule has 0 heterocycles. The van der Waals surface area contributed by atoms with Crippen molar-refractivity contribution in [3.05, 3.63) is 0 Å². The van der Waals surface area contributed by atoms with E-state index in [9.17, 15) is 4.79 Å². The van der Waals surface area contributed by atoms with Gasteiger partial charge in [-0.1, -0.05) is 34.6 Å². The molecule has 0 rings (SSSR count). The fourth-order valence-corrected chi connectivity index (χ4v) is 1.24. The first-order valence-electron chi connectivity index (χ1n) is 4.77. The van der Waals surface area contributed by atoms with Crippen LogP contribution in [-0.4, -0.2) is 18.4 Å². The molecule has 72 valence electrons. The first kappa shape index (κ1) is 11.6. The number of hydrogen-bond donors (Lipinski definition) is 1. The van der Waals surface area contributed by atoms with Gasteiger partial charge < -0.3 is 5.32 Å². The fraction of sp³-hybridized carbons (Fsp3) is 0.900. The average Bonchev–Trinajstić information content (AvgIpc) is 1.98. The van der Waals surface area contributed by atoms with Gasteiger partial charge in [0.1, 0.15) is 0 Å². The van der Waals surface area contributed by atoms with Gasteiger partial charge in [-0.2, -0.15) is 0 Å². The number of rotatable bonds is 5. The minimum Gasteiger partial charge on any atom is -0.308 e. The Labute approximate surface area is 75.7 Å². The van der Waals surface area contributed by atoms with Crippen LogP contribution in [0.1, 0.15) is 34.6 Å². The van der Waals surface area contributed by atoms with Gasteiger partial charge in [0.05, 0.1) is 6.04 Å². The highest BCUT2D eigenvalue weighted by molar-refractivity contribution is 5.85. The highest BCUT2D eigenvalue weighted by Crippen LogP contribution is 2.08. The van der Waals surface area contributed by atoms with Crippen LogP contribution in [0.15, 0.2) is 0 Å². The quantitative estimate of drug-likeness (QED) is 0.684. The number of carbonyl (C=O) groups excluding carboxylic acids is 1. The van der Waals surface area contributed by atoms with Crippen molar-refractivity contribution in [1.29, 1.82) is 0 Å². The second-order valence-corrected chi connectivity index (χ2v) is 3.84. The van der Waals surface area contributed by atoms with E-state index in [2.05, 4.69) is 19.2 Å². The van der Waals surface area contributed by atoms with E-state index < -0.39 is 0 Å². The number of ketones is 1. The van der Waals surface area contributed by atoms with Crippen LogP contribution in [0.3, 0.4) is 0 Å². The van der Waals surface area contributed by atoms with Crippen molar-refractivity contribution in [3.63, 3.8) is 0 Å². The molecule has 0 radical (unpaired) electrons. The molecule has 0 saturated carbocycles. The second kappa shape index (κ2) is 5.31. The molecule has 2 heteroatoms. The molecule has 0 spiro atoms. The van der Waals surface area contributed by atoms with Crippen LogP contribution in [0.2, 0.25) is 0 Å². The predicted molar refractivity (Wildman–Crippen MR) is 52.1 cm³/mol. The van der Waals surface area contributed by atoms with E-state index >= 15 is 0 Å². The lowest BCUT2D eigenvalue weighted by atomic mass is 9.93. The predicted octanol–water partition coefficient (Wildman–Crippen LogP) is 1.85. The van der Waals surface area contributed by atoms with Crippen molar-refractivity contribution in [3.8, 4) is 0 Å². The van der Waals surface area contributed by atoms with Gasteiger partial charge >= 0.3 is 0 Å². The minimum absolute atomic E-state index is 0.0370. The molecule has 12 heavy (non-hydrogen) atoms. The molecule has 0 saturated heterocycles. The molecule has 0 unspecified atom stereocenters. The van der Waals surface area contributed by atoms with Crippen molar-refractivity contribution in [2.75, 3.05) is 6.54 Å². The highest BCUT2D eigenvalue weighted by Gasteiger charge is 2.22. The zero-order valence-electron chi connectivity index (χ0n) is 8.85. The molecule has 0 bridgehead atoms. The third-order valence-corrected chi connectivity index (χ3v) is 1.97. The van der Waals surface area contributed by atoms with Gasteiger partial charge in [-0.05, 0) is 12.5 Å². The molecule has 1 atom stereocenters. The second-order valence-electron chi connectivity index (χ2n) is 3.84. The Bertz CT molecular complexity index is 141. The van der Waals surface area contributed by atoms with Crippen LogP contribution in [0, 0.1) is 11.8 Å². The SMILES string of the molecule is CCN[C@H](C(=O)C(C)C)C(C)C. The molecule has 0 amide bonds. The fourth-order valence-electron chi connectivity index (χ4n) is 1.24. The summed E-state index contributed by atoms with van der Waals surface area (Å²) in [6.07, 6.45) is 0. The third kappa shape index (κ3) is 3.35. The summed E-state index contributed by atoms with van der Waals surface area (Å²) in [5.74, 6) is 0.850. The lowest BCUT2D eigenvalue weighted by Crippen LogP contribution is -2.42. The molecule has 0 aliphatic rings. The van der Waals surface area contributed by atoms with Crippen molar-refractivity contribution in [1.82, 2.24) is 5.32 Å². The molecule has 0 aromatic carbocycles. The molecule has 0 aliphatic heterocycles. The smallest absolute Gasteiger partial charge is 0.152 e. The van der Waals surface area contributed by atoms with E-state index in [1.54, 1.807) is 0 Å². The normalized spacial score (nSPS) is 13.9. The molecule has 2 nitrogen and oxygen atoms in total. The van der Waals surface area contributed by atoms with E-state index in [0.29, 0.717) is 11.7 Å². The van der Waals surface area contributed by atoms with Gasteiger partial charge in [-0.3, -0.25) is 4.79 Å². The molecule has 0 aromatic rings. The van der Waals surface area contributed by atoms with Crippen LogP contribution >= 0.6 is 0 Å². The zero-order valence-corrected chi connectivity index (χ0v) is 8.85. The summed E-state index contributed by atoms with van der Waals surface area (Å²) in [6, 6.07) is 0.0370. The van der Waals surface area contributed by atoms with Crippen molar-refractivity contribution < 1.29 is 4.79 Å². The number of nitrogens with one attached hydrogen (secondary N) is 1. The van der Waals surface area contributed by atoms with Gasteiger partial charge in [-0.15, -0.1) is 0 Å². The summed E-state index contributed by atoms with van der Waals surface area (Å²) in [5.41, 5.74) is 0. The van der Waals surface area contributed by atoms with Gasteiger partial charge in [0.2, 0.25) is 0 Å². The number of Topliss-reactive ketones (excluding diaryl/α,β-unsaturated/α-hetero) is 1. The van der Waals surface area contributed by atoms with E-state index in [-0.39, 0.29) is 12.0 Å². The van der Waals surface area contributed by atoms with Crippen LogP contribution < -0.4 is 5.32 Å². The molecule has 0 aliphatic carbocycles. The maximum Gasteiger partial charge on any atom is 0.152 e. The summed E-state index contributed by atoms with van der Waals surface area (Å²) >= 11 is 0. The Morgan fingerprint density at radius 1 is 1.25 bits per heavy atom. The monoisotopic (exact) mass is 171 g/mol. The van der Waals surface area contributed by atoms with Gasteiger partial charge in [0.25, 0.3) is 0 Å². The van der Waals surface area contributed by atoms with Crippen molar-refractivity contribution >= 4 is 5.78 Å². The summed E-state index contributed by atoms with van der Waals surface area (Å²) in [6.45, 7) is 11.0. The van der Waals surface area contributed by atoms with E-state index in [4.69, 9.17) is 0 Å². The summed E-state index contributed by atoms with van der Waals surface area (Å²) in [4.78, 5) is 11.6. The van der Waals surface area contributed by atoms with Gasteiger partial charge in [0, 0.05) is 5.92 Å². The van der Waals surface area contributed by atoms with Crippen LogP contribution in [0.25, 0.3) is 0 Å². The highest BCUT2D eigenvalue weighted by atomic mass is 16.1. The van der Waals surface area contributed by atoms with Crippen LogP contribution in [-0.2, 0) is 4.79 Å². The maximum atomic E-state index is 11.6. The molecular weight excluding hydrogens is 150 g/mol. The summed E-state index contributed by atoms with van der Waals surface area (Å²) in [5, 5.41) is 3.21. The molecule has 1 N–H and O–H groups in total. The Hall–Kier alpha value is -0.370. The first-order valence-corrected chi connectivity index (χ1v) is 4.77. The topological polar surface area (TPSA) is 29.1 Å². The third-order valence-electron chi connectivity index (χ3n) is 1.97. The molecule has 0 aromatic heterocycles. The van der Waals surface area contributed by atoms with Gasteiger partial charge in [0.15, 0.2) is 5.78 Å². The minimum atomic E-state index is 0.0370. The van der Waals surface area contributed by atoms with Crippen LogP contribution in [0.5, 0.6) is 0 Å². The van der Waals surface area contributed by atoms with Gasteiger partial charge in [-0.25, -0.2) is 0 Å². The lowest BCUT2D eigenvalue weighted by Gasteiger charge is -2.22. The van der Waals surface area contributed by atoms with E-state index in [1.165, 1.54) is 0 Å². The summed E-state index contributed by atoms with van der Waals surface area (Å²) < 4.78 is 0. The summed E-state index contributed by atoms with van der Waals surface area (Å²) in [7, 11) is 0. The number of carbonyl (C=O) groups is 1. The number of likely N-dealkylation sites (N-methyl/N-ethyl adjacent to an activating group) is 1. The standard InChI is InChI=1S/C10H21NO/c1-6-11-9(7(2)3)10(12)8(4)5/h7-9,11H,6H2,1-5H3/t9-/m0/s1. The largest absolute Gasteiger partial charge is 0.308 e. The zero-order chi connectivity index (χ0) is 9.72. The number of hydrogen-bond acceptors (Lipinski definition) is 2. The molecular formula is C10H21NO. The lowest BCUT2D eigenvalue weighted by molar-refractivity contribution is -0.124. The Morgan fingerprint density at radius 3 is 2.00 bits per heavy atom.